The van der Waals surface area contributed by atoms with Crippen LogP contribution in [0.1, 0.15) is 44.1 Å². The third kappa shape index (κ3) is 3.02. The molecule has 0 unspecified atom stereocenters. The quantitative estimate of drug-likeness (QED) is 0.909. The number of ether oxygens (including phenoxy) is 2. The van der Waals surface area contributed by atoms with Gasteiger partial charge in [-0.3, -0.25) is 0 Å². The zero-order valence-electron chi connectivity index (χ0n) is 11.6. The van der Waals surface area contributed by atoms with Crippen molar-refractivity contribution in [3.63, 3.8) is 0 Å². The van der Waals surface area contributed by atoms with Crippen molar-refractivity contribution >= 4 is 0 Å². The minimum atomic E-state index is -0.252. The van der Waals surface area contributed by atoms with Crippen LogP contribution < -0.4 is 5.32 Å². The van der Waals surface area contributed by atoms with Crippen LogP contribution in [0.3, 0.4) is 0 Å². The summed E-state index contributed by atoms with van der Waals surface area (Å²) in [6.45, 7) is 4.44. The van der Waals surface area contributed by atoms with E-state index in [0.717, 1.165) is 63.4 Å². The molecule has 1 N–H and O–H groups in total. The molecule has 0 bridgehead atoms. The maximum absolute atomic E-state index is 5.74. The van der Waals surface area contributed by atoms with Gasteiger partial charge in [-0.15, -0.1) is 0 Å². The lowest BCUT2D eigenvalue weighted by Crippen LogP contribution is -2.41. The highest BCUT2D eigenvalue weighted by Crippen LogP contribution is 2.35. The molecule has 0 radical (unpaired) electrons. The van der Waals surface area contributed by atoms with Gasteiger partial charge in [-0.05, 0) is 25.0 Å². The fourth-order valence-corrected chi connectivity index (χ4v) is 3.00. The van der Waals surface area contributed by atoms with Gasteiger partial charge >= 0.3 is 0 Å². The fraction of sp³-hybridized carbons (Fsp3) is 0.733. The first kappa shape index (κ1) is 13.2. The number of hydrogen-bond donors (Lipinski definition) is 1. The van der Waals surface area contributed by atoms with Crippen LogP contribution in [0.4, 0.5) is 0 Å². The fourth-order valence-electron chi connectivity index (χ4n) is 3.00. The molecule has 2 aliphatic rings. The normalized spacial score (nSPS) is 23.2. The predicted molar refractivity (Wildman–Crippen MR) is 71.8 cm³/mol. The summed E-state index contributed by atoms with van der Waals surface area (Å²) in [4.78, 5) is 0. The van der Waals surface area contributed by atoms with Gasteiger partial charge < -0.3 is 19.2 Å². The lowest BCUT2D eigenvalue weighted by atomic mass is 9.90. The van der Waals surface area contributed by atoms with Crippen molar-refractivity contribution in [3.8, 4) is 0 Å². The van der Waals surface area contributed by atoms with E-state index in [2.05, 4.69) is 24.4 Å². The molecule has 3 rings (SSSR count). The largest absolute Gasteiger partial charge is 0.465 e. The molecule has 1 aromatic heterocycles. The molecular formula is C15H23NO3. The van der Waals surface area contributed by atoms with Gasteiger partial charge in [0.2, 0.25) is 0 Å². The molecule has 1 saturated heterocycles. The molecule has 1 saturated carbocycles. The topological polar surface area (TPSA) is 43.6 Å². The number of furan rings is 1. The third-order valence-electron chi connectivity index (χ3n) is 4.19. The SMILES string of the molecule is CCc1ccc(CNC2CCC3(CC2)OCCO3)o1. The predicted octanol–water partition coefficient (Wildman–Crippen LogP) is 2.62. The molecule has 1 spiro atoms. The Morgan fingerprint density at radius 1 is 1.16 bits per heavy atom. The Morgan fingerprint density at radius 3 is 2.47 bits per heavy atom. The van der Waals surface area contributed by atoms with Crippen LogP contribution in [-0.4, -0.2) is 25.0 Å². The van der Waals surface area contributed by atoms with Gasteiger partial charge in [-0.2, -0.15) is 0 Å². The van der Waals surface area contributed by atoms with Crippen LogP contribution in [-0.2, 0) is 22.4 Å². The smallest absolute Gasteiger partial charge is 0.168 e. The zero-order valence-corrected chi connectivity index (χ0v) is 11.6. The Bertz CT molecular complexity index is 399. The molecular weight excluding hydrogens is 242 g/mol. The Morgan fingerprint density at radius 2 is 1.84 bits per heavy atom. The van der Waals surface area contributed by atoms with Crippen LogP contribution in [0.2, 0.25) is 0 Å². The first-order valence-electron chi connectivity index (χ1n) is 7.38. The standard InChI is InChI=1S/C15H23NO3/c1-2-13-3-4-14(19-13)11-16-12-5-7-15(8-6-12)17-9-10-18-15/h3-4,12,16H,2,5-11H2,1H3. The average molecular weight is 265 g/mol. The van der Waals surface area contributed by atoms with E-state index in [1.165, 1.54) is 0 Å². The van der Waals surface area contributed by atoms with Gasteiger partial charge in [-0.1, -0.05) is 6.92 Å². The van der Waals surface area contributed by atoms with Gasteiger partial charge in [0, 0.05) is 25.3 Å². The number of rotatable bonds is 4. The lowest BCUT2D eigenvalue weighted by Gasteiger charge is -2.35. The second-order valence-electron chi connectivity index (χ2n) is 5.48. The number of nitrogens with one attached hydrogen (secondary N) is 1. The van der Waals surface area contributed by atoms with Gasteiger partial charge in [0.25, 0.3) is 0 Å². The minimum absolute atomic E-state index is 0.252. The van der Waals surface area contributed by atoms with E-state index in [4.69, 9.17) is 13.9 Å². The van der Waals surface area contributed by atoms with Crippen LogP contribution in [0.5, 0.6) is 0 Å². The highest BCUT2D eigenvalue weighted by atomic mass is 16.7. The van der Waals surface area contributed by atoms with Gasteiger partial charge in [-0.25, -0.2) is 0 Å². The van der Waals surface area contributed by atoms with Crippen LogP contribution in [0, 0.1) is 0 Å². The van der Waals surface area contributed by atoms with E-state index in [1.54, 1.807) is 0 Å². The summed E-state index contributed by atoms with van der Waals surface area (Å²) in [6.07, 6.45) is 5.19. The third-order valence-corrected chi connectivity index (χ3v) is 4.19. The molecule has 1 aliphatic carbocycles. The van der Waals surface area contributed by atoms with E-state index in [0.29, 0.717) is 6.04 Å². The van der Waals surface area contributed by atoms with E-state index >= 15 is 0 Å². The second kappa shape index (κ2) is 5.65. The Labute approximate surface area is 114 Å². The van der Waals surface area contributed by atoms with Crippen molar-refractivity contribution in [2.75, 3.05) is 13.2 Å². The molecule has 106 valence electrons. The molecule has 0 atom stereocenters. The second-order valence-corrected chi connectivity index (χ2v) is 5.48. The Balaban J connectivity index is 1.44. The van der Waals surface area contributed by atoms with E-state index in [-0.39, 0.29) is 5.79 Å². The molecule has 0 aromatic carbocycles. The summed E-state index contributed by atoms with van der Waals surface area (Å²) in [6, 6.07) is 4.68. The maximum Gasteiger partial charge on any atom is 0.168 e. The summed E-state index contributed by atoms with van der Waals surface area (Å²) in [5, 5.41) is 3.58. The van der Waals surface area contributed by atoms with Crippen molar-refractivity contribution in [3.05, 3.63) is 23.7 Å². The molecule has 4 nitrogen and oxygen atoms in total. The average Bonchev–Trinajstić information content (AvgIpc) is 3.08. The molecule has 0 amide bonds. The Kier molecular flexibility index (Phi) is 3.91. The summed E-state index contributed by atoms with van der Waals surface area (Å²) in [5.74, 6) is 1.84. The van der Waals surface area contributed by atoms with Crippen molar-refractivity contribution in [2.45, 2.75) is 57.4 Å². The number of aryl methyl sites for hydroxylation is 1. The van der Waals surface area contributed by atoms with Crippen LogP contribution >= 0.6 is 0 Å². The molecule has 1 aromatic rings. The molecule has 1 aliphatic heterocycles. The summed E-state index contributed by atoms with van der Waals surface area (Å²) < 4.78 is 17.2. The van der Waals surface area contributed by atoms with Gasteiger partial charge in [0.1, 0.15) is 11.5 Å². The van der Waals surface area contributed by atoms with E-state index in [1.807, 2.05) is 0 Å². The van der Waals surface area contributed by atoms with E-state index in [9.17, 15) is 0 Å². The summed E-state index contributed by atoms with van der Waals surface area (Å²) >= 11 is 0. The van der Waals surface area contributed by atoms with Gasteiger partial charge in [0.05, 0.1) is 19.8 Å². The van der Waals surface area contributed by atoms with Crippen LogP contribution in [0.15, 0.2) is 16.5 Å². The molecule has 19 heavy (non-hydrogen) atoms. The molecule has 2 heterocycles. The summed E-state index contributed by atoms with van der Waals surface area (Å²) in [7, 11) is 0. The first-order valence-corrected chi connectivity index (χ1v) is 7.38. The first-order chi connectivity index (χ1) is 9.30. The van der Waals surface area contributed by atoms with Crippen molar-refractivity contribution < 1.29 is 13.9 Å². The van der Waals surface area contributed by atoms with Gasteiger partial charge in [0.15, 0.2) is 5.79 Å². The highest BCUT2D eigenvalue weighted by molar-refractivity contribution is 5.07. The van der Waals surface area contributed by atoms with Crippen molar-refractivity contribution in [2.24, 2.45) is 0 Å². The van der Waals surface area contributed by atoms with Crippen molar-refractivity contribution in [1.82, 2.24) is 5.32 Å². The zero-order chi connectivity index (χ0) is 13.1. The van der Waals surface area contributed by atoms with Crippen molar-refractivity contribution in [1.29, 1.82) is 0 Å². The molecule has 2 fully saturated rings. The maximum atomic E-state index is 5.74. The summed E-state index contributed by atoms with van der Waals surface area (Å²) in [5.41, 5.74) is 0. The number of hydrogen-bond acceptors (Lipinski definition) is 4. The highest BCUT2D eigenvalue weighted by Gasteiger charge is 2.40. The monoisotopic (exact) mass is 265 g/mol. The Hall–Kier alpha value is -0.840. The molecule has 4 heteroatoms. The van der Waals surface area contributed by atoms with Crippen LogP contribution in [0.25, 0.3) is 0 Å². The minimum Gasteiger partial charge on any atom is -0.465 e. The van der Waals surface area contributed by atoms with E-state index < -0.39 is 0 Å². The lowest BCUT2D eigenvalue weighted by molar-refractivity contribution is -0.179.